The first-order valence-corrected chi connectivity index (χ1v) is 11.1. The van der Waals surface area contributed by atoms with Gasteiger partial charge in [0.15, 0.2) is 11.5 Å². The monoisotopic (exact) mass is 425 g/mol. The van der Waals surface area contributed by atoms with Crippen molar-refractivity contribution in [2.75, 3.05) is 6.79 Å². The van der Waals surface area contributed by atoms with Crippen LogP contribution < -0.4 is 20.3 Å². The average Bonchev–Trinajstić information content (AvgIpc) is 3.33. The number of hydrogen-bond acceptors (Lipinski definition) is 6. The number of H-pyrrole nitrogens is 1. The predicted octanol–water partition coefficient (Wildman–Crippen LogP) is 3.09. The van der Waals surface area contributed by atoms with Gasteiger partial charge in [-0.2, -0.15) is 0 Å². The van der Waals surface area contributed by atoms with E-state index in [0.29, 0.717) is 30.5 Å². The molecule has 1 atom stereocenters. The Morgan fingerprint density at radius 2 is 2.20 bits per heavy atom. The fraction of sp³-hybridized carbons (Fsp3) is 0.409. The highest BCUT2D eigenvalue weighted by Crippen LogP contribution is 2.35. The second-order valence-electron chi connectivity index (χ2n) is 8.01. The molecule has 0 spiro atoms. The van der Waals surface area contributed by atoms with E-state index in [0.717, 1.165) is 40.8 Å². The summed E-state index contributed by atoms with van der Waals surface area (Å²) in [6.45, 7) is 2.89. The number of benzene rings is 1. The molecule has 2 aliphatic rings. The lowest BCUT2D eigenvalue weighted by molar-refractivity contribution is -0.121. The number of aromatic nitrogens is 2. The van der Waals surface area contributed by atoms with Crippen molar-refractivity contribution in [3.63, 3.8) is 0 Å². The maximum absolute atomic E-state index is 12.7. The Bertz CT molecular complexity index is 1180. The summed E-state index contributed by atoms with van der Waals surface area (Å²) in [7, 11) is 0. The summed E-state index contributed by atoms with van der Waals surface area (Å²) in [6.07, 6.45) is 3.75. The highest BCUT2D eigenvalue weighted by atomic mass is 32.1. The molecule has 0 radical (unpaired) electrons. The quantitative estimate of drug-likeness (QED) is 0.655. The van der Waals surface area contributed by atoms with E-state index in [2.05, 4.69) is 22.2 Å². The van der Waals surface area contributed by atoms with Crippen molar-refractivity contribution in [3.05, 3.63) is 50.4 Å². The van der Waals surface area contributed by atoms with Crippen LogP contribution in [0.5, 0.6) is 11.5 Å². The van der Waals surface area contributed by atoms with Crippen molar-refractivity contribution in [1.29, 1.82) is 0 Å². The molecule has 5 rings (SSSR count). The summed E-state index contributed by atoms with van der Waals surface area (Å²) < 4.78 is 10.7. The van der Waals surface area contributed by atoms with E-state index in [-0.39, 0.29) is 24.7 Å². The van der Waals surface area contributed by atoms with Crippen molar-refractivity contribution >= 4 is 27.5 Å². The summed E-state index contributed by atoms with van der Waals surface area (Å²) in [5.41, 5.74) is 2.04. The maximum atomic E-state index is 12.7. The van der Waals surface area contributed by atoms with Gasteiger partial charge in [-0.25, -0.2) is 4.98 Å². The molecule has 1 aliphatic carbocycles. The van der Waals surface area contributed by atoms with Crippen LogP contribution in [0.2, 0.25) is 0 Å². The van der Waals surface area contributed by atoms with Crippen molar-refractivity contribution in [1.82, 2.24) is 15.3 Å². The van der Waals surface area contributed by atoms with Gasteiger partial charge < -0.3 is 19.8 Å². The number of aromatic amines is 1. The SMILES string of the molecule is C[C@H]1CCc2c(sc3nc(CCC(=O)NCc4ccc5c(c4)OCO5)[nH]c(=O)c23)C1. The molecular weight excluding hydrogens is 402 g/mol. The number of hydrogen-bond donors (Lipinski definition) is 2. The third-order valence-electron chi connectivity index (χ3n) is 5.73. The highest BCUT2D eigenvalue weighted by molar-refractivity contribution is 7.18. The zero-order valence-electron chi connectivity index (χ0n) is 16.7. The van der Waals surface area contributed by atoms with Crippen LogP contribution >= 0.6 is 11.3 Å². The molecule has 7 nitrogen and oxygen atoms in total. The molecule has 3 aromatic rings. The first-order chi connectivity index (χ1) is 14.6. The van der Waals surface area contributed by atoms with Crippen LogP contribution in [0.25, 0.3) is 10.2 Å². The topological polar surface area (TPSA) is 93.3 Å². The van der Waals surface area contributed by atoms with Gasteiger partial charge in [-0.05, 0) is 48.4 Å². The summed E-state index contributed by atoms with van der Waals surface area (Å²) in [6, 6.07) is 5.62. The predicted molar refractivity (Wildman–Crippen MR) is 114 cm³/mol. The van der Waals surface area contributed by atoms with Crippen LogP contribution in [0.4, 0.5) is 0 Å². The second-order valence-corrected chi connectivity index (χ2v) is 9.09. The molecular formula is C22H23N3O4S. The Labute approximate surface area is 177 Å². The third-order valence-corrected chi connectivity index (χ3v) is 6.88. The number of nitrogens with one attached hydrogen (secondary N) is 2. The van der Waals surface area contributed by atoms with Crippen LogP contribution in [0, 0.1) is 5.92 Å². The Kier molecular flexibility index (Phi) is 4.94. The van der Waals surface area contributed by atoms with Crippen LogP contribution in [-0.2, 0) is 30.6 Å². The number of carbonyl (C=O) groups excluding carboxylic acids is 1. The van der Waals surface area contributed by atoms with Gasteiger partial charge in [0.05, 0.1) is 5.39 Å². The Balaban J connectivity index is 1.22. The van der Waals surface area contributed by atoms with E-state index >= 15 is 0 Å². The van der Waals surface area contributed by atoms with Gasteiger partial charge in [0.2, 0.25) is 12.7 Å². The summed E-state index contributed by atoms with van der Waals surface area (Å²) >= 11 is 1.63. The molecule has 0 unspecified atom stereocenters. The van der Waals surface area contributed by atoms with E-state index in [1.54, 1.807) is 11.3 Å². The minimum Gasteiger partial charge on any atom is -0.454 e. The normalized spacial score (nSPS) is 17.2. The molecule has 1 amide bonds. The zero-order chi connectivity index (χ0) is 20.7. The Morgan fingerprint density at radius 3 is 3.10 bits per heavy atom. The fourth-order valence-corrected chi connectivity index (χ4v) is 5.49. The first-order valence-electron chi connectivity index (χ1n) is 10.3. The number of aryl methyl sites for hydroxylation is 2. The van der Waals surface area contributed by atoms with Gasteiger partial charge in [-0.1, -0.05) is 13.0 Å². The molecule has 3 heterocycles. The second kappa shape index (κ2) is 7.75. The third kappa shape index (κ3) is 3.67. The smallest absolute Gasteiger partial charge is 0.259 e. The minimum atomic E-state index is -0.0882. The van der Waals surface area contributed by atoms with Crippen molar-refractivity contribution in [2.24, 2.45) is 5.92 Å². The van der Waals surface area contributed by atoms with Gasteiger partial charge in [-0.15, -0.1) is 11.3 Å². The number of ether oxygens (including phenoxy) is 2. The maximum Gasteiger partial charge on any atom is 0.259 e. The molecule has 156 valence electrons. The molecule has 0 fully saturated rings. The number of rotatable bonds is 5. The van der Waals surface area contributed by atoms with Gasteiger partial charge >= 0.3 is 0 Å². The average molecular weight is 426 g/mol. The van der Waals surface area contributed by atoms with Gasteiger partial charge in [0.1, 0.15) is 10.7 Å². The standard InChI is InChI=1S/C22H23N3O4S/c1-12-2-4-14-17(8-12)30-22-20(14)21(27)24-18(25-22)6-7-19(26)23-10-13-3-5-15-16(9-13)29-11-28-15/h3,5,9,12H,2,4,6-8,10-11H2,1H3,(H,23,26)(H,24,25,27)/t12-/m0/s1. The van der Waals surface area contributed by atoms with Gasteiger partial charge in [-0.3, -0.25) is 9.59 Å². The Hall–Kier alpha value is -2.87. The van der Waals surface area contributed by atoms with Crippen molar-refractivity contribution in [2.45, 2.75) is 45.6 Å². The molecule has 0 saturated carbocycles. The molecule has 8 heteroatoms. The van der Waals surface area contributed by atoms with Crippen LogP contribution in [0.1, 0.15) is 41.6 Å². The van der Waals surface area contributed by atoms with E-state index in [1.807, 2.05) is 18.2 Å². The summed E-state index contributed by atoms with van der Waals surface area (Å²) in [4.78, 5) is 34.6. The number of nitrogens with zero attached hydrogens (tertiary/aromatic N) is 1. The molecule has 2 N–H and O–H groups in total. The lowest BCUT2D eigenvalue weighted by Crippen LogP contribution is -2.23. The minimum absolute atomic E-state index is 0.0807. The van der Waals surface area contributed by atoms with E-state index in [9.17, 15) is 9.59 Å². The lowest BCUT2D eigenvalue weighted by Gasteiger charge is -2.17. The Morgan fingerprint density at radius 1 is 1.33 bits per heavy atom. The molecule has 2 aromatic heterocycles. The summed E-state index contributed by atoms with van der Waals surface area (Å²) in [5.74, 6) is 2.55. The summed E-state index contributed by atoms with van der Waals surface area (Å²) in [5, 5.41) is 3.65. The number of thiophene rings is 1. The molecule has 1 aromatic carbocycles. The van der Waals surface area contributed by atoms with Crippen LogP contribution in [0.3, 0.4) is 0 Å². The van der Waals surface area contributed by atoms with E-state index in [1.165, 1.54) is 10.4 Å². The van der Waals surface area contributed by atoms with Gasteiger partial charge in [0.25, 0.3) is 5.56 Å². The van der Waals surface area contributed by atoms with Crippen LogP contribution in [-0.4, -0.2) is 22.7 Å². The molecule has 0 saturated heterocycles. The zero-order valence-corrected chi connectivity index (χ0v) is 17.6. The number of carbonyl (C=O) groups is 1. The van der Waals surface area contributed by atoms with Crippen molar-refractivity contribution in [3.8, 4) is 11.5 Å². The first kappa shape index (κ1) is 19.1. The fourth-order valence-electron chi connectivity index (χ4n) is 4.08. The molecule has 30 heavy (non-hydrogen) atoms. The molecule has 1 aliphatic heterocycles. The largest absolute Gasteiger partial charge is 0.454 e. The number of amides is 1. The van der Waals surface area contributed by atoms with Gasteiger partial charge in [0, 0.05) is 24.3 Å². The van der Waals surface area contributed by atoms with E-state index in [4.69, 9.17) is 9.47 Å². The van der Waals surface area contributed by atoms with E-state index < -0.39 is 0 Å². The lowest BCUT2D eigenvalue weighted by atomic mass is 9.89. The highest BCUT2D eigenvalue weighted by Gasteiger charge is 2.23. The van der Waals surface area contributed by atoms with Crippen molar-refractivity contribution < 1.29 is 14.3 Å². The molecule has 0 bridgehead atoms. The number of fused-ring (bicyclic) bond motifs is 4. The van der Waals surface area contributed by atoms with Crippen LogP contribution in [0.15, 0.2) is 23.0 Å².